The Morgan fingerprint density at radius 3 is 2.37 bits per heavy atom. The Morgan fingerprint density at radius 1 is 1.13 bits per heavy atom. The highest BCUT2D eigenvalue weighted by Gasteiger charge is 2.38. The summed E-state index contributed by atoms with van der Waals surface area (Å²) < 4.78 is 78.8. The molecule has 162 valence electrons. The zero-order valence-electron chi connectivity index (χ0n) is 15.2. The first kappa shape index (κ1) is 21.4. The summed E-state index contributed by atoms with van der Waals surface area (Å²) in [6.07, 6.45) is -4.66. The maximum Gasteiger partial charge on any atom is 0.408 e. The van der Waals surface area contributed by atoms with E-state index in [2.05, 4.69) is 15.6 Å². The maximum atomic E-state index is 13.3. The summed E-state index contributed by atoms with van der Waals surface area (Å²) in [7, 11) is 0. The molecule has 1 aromatic carbocycles. The Hall–Kier alpha value is -3.32. The Bertz CT molecular complexity index is 968. The minimum Gasteiger partial charge on any atom is -0.339 e. The second-order valence-corrected chi connectivity index (χ2v) is 6.45. The second-order valence-electron chi connectivity index (χ2n) is 6.45. The van der Waals surface area contributed by atoms with E-state index in [1.165, 1.54) is 4.68 Å². The molecule has 0 saturated carbocycles. The molecule has 30 heavy (non-hydrogen) atoms. The molecule has 0 aliphatic carbocycles. The number of benzene rings is 1. The van der Waals surface area contributed by atoms with Crippen molar-refractivity contribution in [1.29, 1.82) is 0 Å². The molecule has 2 aromatic rings. The van der Waals surface area contributed by atoms with Crippen LogP contribution in [0.1, 0.15) is 23.1 Å². The third kappa shape index (κ3) is 4.31. The van der Waals surface area contributed by atoms with E-state index < -0.39 is 41.6 Å². The number of hydrogen-bond donors (Lipinski definition) is 2. The number of anilines is 1. The SMILES string of the molecule is C[C@@H](NC(=O)c1nnn2c1CN(C(=O)Nc1cc(F)c(F)c(F)c1)CC2)C(F)(F)F. The molecular formula is C16H14F6N6O2. The van der Waals surface area contributed by atoms with E-state index in [1.54, 1.807) is 5.32 Å². The van der Waals surface area contributed by atoms with Gasteiger partial charge in [0.2, 0.25) is 0 Å². The Balaban J connectivity index is 1.73. The van der Waals surface area contributed by atoms with Crippen LogP contribution >= 0.6 is 0 Å². The summed E-state index contributed by atoms with van der Waals surface area (Å²) in [5, 5.41) is 11.2. The summed E-state index contributed by atoms with van der Waals surface area (Å²) in [5.74, 6) is -5.80. The quantitative estimate of drug-likeness (QED) is 0.571. The molecule has 1 aliphatic rings. The molecule has 1 aromatic heterocycles. The lowest BCUT2D eigenvalue weighted by molar-refractivity contribution is -0.149. The lowest BCUT2D eigenvalue weighted by Gasteiger charge is -2.28. The Morgan fingerprint density at radius 2 is 1.77 bits per heavy atom. The molecule has 0 unspecified atom stereocenters. The molecule has 14 heteroatoms. The van der Waals surface area contributed by atoms with Crippen LogP contribution in [0.15, 0.2) is 12.1 Å². The van der Waals surface area contributed by atoms with Crippen LogP contribution in [0.4, 0.5) is 36.8 Å². The van der Waals surface area contributed by atoms with Crippen molar-refractivity contribution in [2.45, 2.75) is 32.2 Å². The smallest absolute Gasteiger partial charge is 0.339 e. The number of carbonyl (C=O) groups excluding carboxylic acids is 2. The number of urea groups is 1. The molecule has 2 heterocycles. The number of rotatable bonds is 3. The van der Waals surface area contributed by atoms with E-state index in [0.717, 1.165) is 11.8 Å². The summed E-state index contributed by atoms with van der Waals surface area (Å²) in [4.78, 5) is 25.6. The topological polar surface area (TPSA) is 92.2 Å². The molecule has 2 N–H and O–H groups in total. The molecule has 3 rings (SSSR count). The second kappa shape index (κ2) is 7.84. The highest BCUT2D eigenvalue weighted by molar-refractivity contribution is 5.94. The van der Waals surface area contributed by atoms with Gasteiger partial charge in [-0.1, -0.05) is 5.21 Å². The minimum absolute atomic E-state index is 0.0639. The van der Waals surface area contributed by atoms with Gasteiger partial charge in [-0.15, -0.1) is 5.10 Å². The van der Waals surface area contributed by atoms with Crippen molar-refractivity contribution in [3.05, 3.63) is 41.0 Å². The maximum absolute atomic E-state index is 13.3. The average molecular weight is 436 g/mol. The van der Waals surface area contributed by atoms with Crippen LogP contribution in [-0.2, 0) is 13.1 Å². The third-order valence-electron chi connectivity index (χ3n) is 4.34. The van der Waals surface area contributed by atoms with Crippen molar-refractivity contribution >= 4 is 17.6 Å². The number of nitrogens with zero attached hydrogens (tertiary/aromatic N) is 4. The van der Waals surface area contributed by atoms with Crippen molar-refractivity contribution < 1.29 is 35.9 Å². The van der Waals surface area contributed by atoms with E-state index in [-0.39, 0.29) is 36.7 Å². The monoisotopic (exact) mass is 436 g/mol. The summed E-state index contributed by atoms with van der Waals surface area (Å²) in [6.45, 7) is 0.640. The molecule has 0 fully saturated rings. The molecule has 8 nitrogen and oxygen atoms in total. The molecule has 0 spiro atoms. The molecule has 1 atom stereocenters. The summed E-state index contributed by atoms with van der Waals surface area (Å²) in [6, 6.07) is -1.79. The van der Waals surface area contributed by atoms with Gasteiger partial charge in [0.15, 0.2) is 23.1 Å². The van der Waals surface area contributed by atoms with Gasteiger partial charge in [-0.05, 0) is 6.92 Å². The highest BCUT2D eigenvalue weighted by atomic mass is 19.4. The molecule has 0 bridgehead atoms. The molecule has 0 radical (unpaired) electrons. The predicted octanol–water partition coefficient (Wildman–Crippen LogP) is 2.42. The van der Waals surface area contributed by atoms with Crippen LogP contribution in [0.5, 0.6) is 0 Å². The van der Waals surface area contributed by atoms with Crippen molar-refractivity contribution in [3.63, 3.8) is 0 Å². The summed E-state index contributed by atoms with van der Waals surface area (Å²) >= 11 is 0. The van der Waals surface area contributed by atoms with E-state index in [1.807, 2.05) is 0 Å². The minimum atomic E-state index is -4.66. The van der Waals surface area contributed by atoms with Gasteiger partial charge in [0.05, 0.1) is 18.8 Å². The van der Waals surface area contributed by atoms with E-state index in [9.17, 15) is 35.9 Å². The molecule has 3 amide bonds. The number of halogens is 6. The third-order valence-corrected chi connectivity index (χ3v) is 4.34. The van der Waals surface area contributed by atoms with Gasteiger partial charge in [0.25, 0.3) is 5.91 Å². The zero-order chi connectivity index (χ0) is 22.2. The Kier molecular flexibility index (Phi) is 5.59. The zero-order valence-corrected chi connectivity index (χ0v) is 15.2. The fourth-order valence-electron chi connectivity index (χ4n) is 2.67. The van der Waals surface area contributed by atoms with Crippen molar-refractivity contribution in [2.24, 2.45) is 0 Å². The van der Waals surface area contributed by atoms with Gasteiger partial charge in [-0.25, -0.2) is 22.6 Å². The highest BCUT2D eigenvalue weighted by Crippen LogP contribution is 2.22. The predicted molar refractivity (Wildman–Crippen MR) is 88.7 cm³/mol. The van der Waals surface area contributed by atoms with Gasteiger partial charge in [0.1, 0.15) is 6.04 Å². The number of alkyl halides is 3. The average Bonchev–Trinajstić information content (AvgIpc) is 3.08. The molecule has 0 saturated heterocycles. The lowest BCUT2D eigenvalue weighted by atomic mass is 10.2. The molecular weight excluding hydrogens is 422 g/mol. The van der Waals surface area contributed by atoms with Gasteiger partial charge < -0.3 is 15.5 Å². The number of aromatic nitrogens is 3. The number of hydrogen-bond acceptors (Lipinski definition) is 4. The van der Waals surface area contributed by atoms with Crippen molar-refractivity contribution in [3.8, 4) is 0 Å². The largest absolute Gasteiger partial charge is 0.408 e. The van der Waals surface area contributed by atoms with Crippen molar-refractivity contribution in [2.75, 3.05) is 11.9 Å². The van der Waals surface area contributed by atoms with Gasteiger partial charge in [-0.3, -0.25) is 4.79 Å². The fourth-order valence-corrected chi connectivity index (χ4v) is 2.67. The van der Waals surface area contributed by atoms with Crippen LogP contribution in [0.3, 0.4) is 0 Å². The first-order chi connectivity index (χ1) is 14.0. The number of carbonyl (C=O) groups is 2. The number of amides is 3. The van der Waals surface area contributed by atoms with E-state index in [0.29, 0.717) is 12.1 Å². The van der Waals surface area contributed by atoms with Crippen LogP contribution < -0.4 is 10.6 Å². The standard InChI is InChI=1S/C16H14F6N6O2/c1-7(16(20,21)22)23-14(29)13-11-6-27(2-3-28(11)26-25-13)15(30)24-8-4-9(17)12(19)10(18)5-8/h4-5,7H,2-3,6H2,1H3,(H,23,29)(H,24,30)/t7-/m1/s1. The van der Waals surface area contributed by atoms with Gasteiger partial charge >= 0.3 is 12.2 Å². The van der Waals surface area contributed by atoms with Crippen LogP contribution in [0.25, 0.3) is 0 Å². The Labute approximate surface area is 164 Å². The van der Waals surface area contributed by atoms with Crippen LogP contribution in [-0.4, -0.2) is 50.6 Å². The van der Waals surface area contributed by atoms with Gasteiger partial charge in [-0.2, -0.15) is 13.2 Å². The fraction of sp³-hybridized carbons (Fsp3) is 0.375. The lowest BCUT2D eigenvalue weighted by Crippen LogP contribution is -2.44. The number of nitrogens with one attached hydrogen (secondary N) is 2. The number of fused-ring (bicyclic) bond motifs is 1. The normalized spacial score (nSPS) is 14.8. The summed E-state index contributed by atoms with van der Waals surface area (Å²) in [5.41, 5.74) is -0.646. The first-order valence-electron chi connectivity index (χ1n) is 8.47. The van der Waals surface area contributed by atoms with Gasteiger partial charge in [0, 0.05) is 24.4 Å². The van der Waals surface area contributed by atoms with E-state index >= 15 is 0 Å². The van der Waals surface area contributed by atoms with E-state index in [4.69, 9.17) is 0 Å². The first-order valence-corrected chi connectivity index (χ1v) is 8.47. The van der Waals surface area contributed by atoms with Crippen LogP contribution in [0.2, 0.25) is 0 Å². The van der Waals surface area contributed by atoms with Crippen molar-refractivity contribution in [1.82, 2.24) is 25.2 Å². The van der Waals surface area contributed by atoms with Crippen LogP contribution in [0, 0.1) is 17.5 Å². The molecule has 1 aliphatic heterocycles.